The molecular weight excluding hydrogens is 279 g/mol. The quantitative estimate of drug-likeness (QED) is 0.908. The molecule has 0 spiro atoms. The van der Waals surface area contributed by atoms with E-state index in [4.69, 9.17) is 5.73 Å². The minimum Gasteiger partial charge on any atom is -0.366 e. The highest BCUT2D eigenvalue weighted by atomic mass is 19.4. The summed E-state index contributed by atoms with van der Waals surface area (Å²) in [5.41, 5.74) is 5.18. The molecule has 0 atom stereocenters. The molecular formula is C16H12F3NO. The summed E-state index contributed by atoms with van der Waals surface area (Å²) in [4.78, 5) is 11.4. The molecule has 0 aromatic heterocycles. The van der Waals surface area contributed by atoms with Gasteiger partial charge in [0.05, 0.1) is 5.56 Å². The van der Waals surface area contributed by atoms with Crippen molar-refractivity contribution in [2.45, 2.75) is 6.18 Å². The van der Waals surface area contributed by atoms with Gasteiger partial charge in [0.25, 0.3) is 0 Å². The van der Waals surface area contributed by atoms with Crippen molar-refractivity contribution in [2.24, 2.45) is 5.73 Å². The smallest absolute Gasteiger partial charge is 0.366 e. The number of amides is 1. The van der Waals surface area contributed by atoms with Crippen LogP contribution in [0, 0.1) is 0 Å². The Bertz CT molecular complexity index is 705. The lowest BCUT2D eigenvalue weighted by Gasteiger charge is -2.16. The molecule has 0 radical (unpaired) electrons. The van der Waals surface area contributed by atoms with E-state index in [0.717, 1.165) is 6.07 Å². The van der Waals surface area contributed by atoms with E-state index < -0.39 is 17.6 Å². The van der Waals surface area contributed by atoms with Crippen LogP contribution in [0.2, 0.25) is 0 Å². The van der Waals surface area contributed by atoms with Gasteiger partial charge in [-0.25, -0.2) is 0 Å². The minimum absolute atomic E-state index is 0.0111. The van der Waals surface area contributed by atoms with Crippen molar-refractivity contribution >= 4 is 12.0 Å². The molecule has 0 heterocycles. The normalized spacial score (nSPS) is 11.2. The number of alkyl halides is 3. The Morgan fingerprint density at radius 3 is 2.24 bits per heavy atom. The maximum absolute atomic E-state index is 13.1. The van der Waals surface area contributed by atoms with Crippen molar-refractivity contribution in [2.75, 3.05) is 0 Å². The molecule has 2 aromatic rings. The molecule has 0 aliphatic heterocycles. The number of benzene rings is 2. The molecule has 0 aliphatic carbocycles. The second kappa shape index (κ2) is 5.44. The Hall–Kier alpha value is -2.56. The first-order valence-electron chi connectivity index (χ1n) is 6.08. The van der Waals surface area contributed by atoms with Gasteiger partial charge in [-0.15, -0.1) is 0 Å². The lowest BCUT2D eigenvalue weighted by Crippen LogP contribution is -2.13. The fraction of sp³-hybridized carbons (Fsp3) is 0.0625. The van der Waals surface area contributed by atoms with Crippen LogP contribution in [-0.4, -0.2) is 5.91 Å². The molecule has 2 rings (SSSR count). The van der Waals surface area contributed by atoms with Crippen LogP contribution in [0.25, 0.3) is 17.2 Å². The summed E-state index contributed by atoms with van der Waals surface area (Å²) < 4.78 is 39.3. The summed E-state index contributed by atoms with van der Waals surface area (Å²) in [6, 6.07) is 9.64. The van der Waals surface area contributed by atoms with Gasteiger partial charge in [-0.2, -0.15) is 13.2 Å². The number of rotatable bonds is 3. The van der Waals surface area contributed by atoms with E-state index in [1.54, 1.807) is 0 Å². The maximum atomic E-state index is 13.1. The van der Waals surface area contributed by atoms with Crippen molar-refractivity contribution in [3.8, 4) is 11.1 Å². The number of halogens is 3. The Morgan fingerprint density at radius 1 is 1.05 bits per heavy atom. The van der Waals surface area contributed by atoms with Crippen molar-refractivity contribution in [3.63, 3.8) is 0 Å². The monoisotopic (exact) mass is 291 g/mol. The van der Waals surface area contributed by atoms with E-state index >= 15 is 0 Å². The van der Waals surface area contributed by atoms with Gasteiger partial charge < -0.3 is 5.73 Å². The predicted octanol–water partition coefficient (Wildman–Crippen LogP) is 4.11. The van der Waals surface area contributed by atoms with E-state index in [-0.39, 0.29) is 16.7 Å². The largest absolute Gasteiger partial charge is 0.417 e. The van der Waals surface area contributed by atoms with Gasteiger partial charge in [-0.1, -0.05) is 43.0 Å². The third-order valence-electron chi connectivity index (χ3n) is 3.10. The molecule has 0 aliphatic rings. The van der Waals surface area contributed by atoms with Gasteiger partial charge in [-0.3, -0.25) is 4.79 Å². The summed E-state index contributed by atoms with van der Waals surface area (Å²) in [5, 5.41) is 0. The summed E-state index contributed by atoms with van der Waals surface area (Å²) in [7, 11) is 0. The Kier molecular flexibility index (Phi) is 3.84. The first-order valence-corrected chi connectivity index (χ1v) is 6.08. The van der Waals surface area contributed by atoms with Crippen molar-refractivity contribution in [1.82, 2.24) is 0 Å². The lowest BCUT2D eigenvalue weighted by molar-refractivity contribution is -0.137. The molecule has 5 heteroatoms. The van der Waals surface area contributed by atoms with Gasteiger partial charge >= 0.3 is 6.18 Å². The molecule has 1 amide bonds. The zero-order valence-electron chi connectivity index (χ0n) is 10.9. The average Bonchev–Trinajstić information content (AvgIpc) is 2.45. The number of hydrogen-bond acceptors (Lipinski definition) is 1. The summed E-state index contributed by atoms with van der Waals surface area (Å²) in [6.07, 6.45) is -3.15. The number of primary amides is 1. The summed E-state index contributed by atoms with van der Waals surface area (Å²) >= 11 is 0. The van der Waals surface area contributed by atoms with E-state index in [2.05, 4.69) is 6.58 Å². The topological polar surface area (TPSA) is 43.1 Å². The molecule has 0 saturated carbocycles. The van der Waals surface area contributed by atoms with E-state index in [1.165, 1.54) is 42.5 Å². The van der Waals surface area contributed by atoms with Crippen LogP contribution in [0.5, 0.6) is 0 Å². The van der Waals surface area contributed by atoms with Crippen LogP contribution in [0.3, 0.4) is 0 Å². The van der Waals surface area contributed by atoms with Crippen LogP contribution in [0.4, 0.5) is 13.2 Å². The molecule has 0 unspecified atom stereocenters. The molecule has 0 fully saturated rings. The highest BCUT2D eigenvalue weighted by molar-refractivity contribution is 5.99. The zero-order valence-corrected chi connectivity index (χ0v) is 10.9. The van der Waals surface area contributed by atoms with Gasteiger partial charge in [0, 0.05) is 5.56 Å². The Labute approximate surface area is 119 Å². The fourth-order valence-corrected chi connectivity index (χ4v) is 2.20. The first kappa shape index (κ1) is 14.8. The van der Waals surface area contributed by atoms with Crippen molar-refractivity contribution < 1.29 is 18.0 Å². The molecule has 2 N–H and O–H groups in total. The van der Waals surface area contributed by atoms with Crippen LogP contribution in [-0.2, 0) is 6.18 Å². The molecule has 108 valence electrons. The number of carbonyl (C=O) groups excluding carboxylic acids is 1. The molecule has 0 bridgehead atoms. The average molecular weight is 291 g/mol. The zero-order chi connectivity index (χ0) is 15.6. The van der Waals surface area contributed by atoms with Crippen molar-refractivity contribution in [3.05, 3.63) is 65.7 Å². The minimum atomic E-state index is -4.49. The number of carbonyl (C=O) groups is 1. The second-order valence-corrected chi connectivity index (χ2v) is 4.38. The molecule has 2 nitrogen and oxygen atoms in total. The molecule has 0 saturated heterocycles. The summed E-state index contributed by atoms with van der Waals surface area (Å²) in [5.74, 6) is -0.712. The van der Waals surface area contributed by atoms with Crippen LogP contribution in [0.15, 0.2) is 49.0 Å². The van der Waals surface area contributed by atoms with Gasteiger partial charge in [0.15, 0.2) is 0 Å². The van der Waals surface area contributed by atoms with Crippen LogP contribution >= 0.6 is 0 Å². The number of nitrogens with two attached hydrogens (primary N) is 1. The fourth-order valence-electron chi connectivity index (χ4n) is 2.20. The van der Waals surface area contributed by atoms with Crippen LogP contribution in [0.1, 0.15) is 21.5 Å². The van der Waals surface area contributed by atoms with Gasteiger partial charge in [0.2, 0.25) is 5.91 Å². The molecule has 2 aromatic carbocycles. The maximum Gasteiger partial charge on any atom is 0.417 e. The Balaban J connectivity index is 2.77. The standard InChI is InChI=1S/C16H12F3NO/c1-2-10-11(7-5-8-13(10)15(20)21)12-6-3-4-9-14(12)16(17,18)19/h2-9H,1H2,(H2,20,21). The van der Waals surface area contributed by atoms with E-state index in [9.17, 15) is 18.0 Å². The highest BCUT2D eigenvalue weighted by Gasteiger charge is 2.33. The SMILES string of the molecule is C=Cc1c(C(N)=O)cccc1-c1ccccc1C(F)(F)F. The van der Waals surface area contributed by atoms with E-state index in [0.29, 0.717) is 5.56 Å². The first-order chi connectivity index (χ1) is 9.86. The lowest BCUT2D eigenvalue weighted by atomic mass is 9.92. The van der Waals surface area contributed by atoms with E-state index in [1.807, 2.05) is 0 Å². The van der Waals surface area contributed by atoms with Gasteiger partial charge in [0.1, 0.15) is 0 Å². The third kappa shape index (κ3) is 2.81. The second-order valence-electron chi connectivity index (χ2n) is 4.38. The number of hydrogen-bond donors (Lipinski definition) is 1. The predicted molar refractivity (Wildman–Crippen MR) is 75.5 cm³/mol. The van der Waals surface area contributed by atoms with Crippen molar-refractivity contribution in [1.29, 1.82) is 0 Å². The Morgan fingerprint density at radius 2 is 1.67 bits per heavy atom. The highest BCUT2D eigenvalue weighted by Crippen LogP contribution is 2.38. The third-order valence-corrected chi connectivity index (χ3v) is 3.10. The van der Waals surface area contributed by atoms with Crippen LogP contribution < -0.4 is 5.73 Å². The molecule has 21 heavy (non-hydrogen) atoms. The summed E-state index contributed by atoms with van der Waals surface area (Å²) in [6.45, 7) is 3.56. The van der Waals surface area contributed by atoms with Gasteiger partial charge in [-0.05, 0) is 28.8 Å².